The van der Waals surface area contributed by atoms with E-state index in [0.717, 1.165) is 34.9 Å². The number of nitrogens with zero attached hydrogens (tertiary/aromatic N) is 4. The van der Waals surface area contributed by atoms with Crippen LogP contribution in [0.5, 0.6) is 0 Å². The average Bonchev–Trinajstić information content (AvgIpc) is 3.27. The molecule has 0 saturated carbocycles. The minimum atomic E-state index is -0.311. The van der Waals surface area contributed by atoms with Gasteiger partial charge in [-0.1, -0.05) is 17.4 Å². The fourth-order valence-electron chi connectivity index (χ4n) is 4.59. The van der Waals surface area contributed by atoms with Crippen LogP contribution in [0.3, 0.4) is 0 Å². The molecule has 8 heteroatoms. The van der Waals surface area contributed by atoms with Crippen molar-refractivity contribution in [3.8, 4) is 21.8 Å². The zero-order chi connectivity index (χ0) is 21.7. The summed E-state index contributed by atoms with van der Waals surface area (Å²) in [5.74, 6) is -0.311. The Morgan fingerprint density at radius 2 is 1.80 bits per heavy atom. The Morgan fingerprint density at radius 3 is 2.40 bits per heavy atom. The Hall–Kier alpha value is -2.32. The third kappa shape index (κ3) is 4.25. The number of piperidine rings is 1. The number of aromatic nitrogens is 4. The lowest BCUT2D eigenvalue weighted by atomic mass is 9.79. The SMILES string of the molecule is Cc1cc(-c2ccc(-c3nnc(N(C)C4CC(C)(C)NC(C)(C)C4)s3)c(F)c2)[nH]n1. The lowest BCUT2D eigenvalue weighted by Crippen LogP contribution is -2.61. The van der Waals surface area contributed by atoms with E-state index in [9.17, 15) is 4.39 Å². The minimum absolute atomic E-state index is 0.0428. The molecule has 0 aliphatic carbocycles. The number of hydrogen-bond acceptors (Lipinski definition) is 6. The van der Waals surface area contributed by atoms with Crippen molar-refractivity contribution in [2.24, 2.45) is 0 Å². The number of nitrogens with one attached hydrogen (secondary N) is 2. The molecule has 1 aliphatic heterocycles. The number of rotatable bonds is 4. The highest BCUT2D eigenvalue weighted by atomic mass is 32.1. The fraction of sp³-hybridized carbons (Fsp3) is 0.500. The van der Waals surface area contributed by atoms with Gasteiger partial charge < -0.3 is 10.2 Å². The Bertz CT molecular complexity index is 1040. The highest BCUT2D eigenvalue weighted by Gasteiger charge is 2.39. The molecular weight excluding hydrogens is 399 g/mol. The largest absolute Gasteiger partial charge is 0.347 e. The van der Waals surface area contributed by atoms with Gasteiger partial charge in [-0.3, -0.25) is 5.10 Å². The van der Waals surface area contributed by atoms with Crippen molar-refractivity contribution < 1.29 is 4.39 Å². The van der Waals surface area contributed by atoms with Gasteiger partial charge in [-0.25, -0.2) is 4.39 Å². The molecule has 2 aromatic heterocycles. The Labute approximate surface area is 180 Å². The smallest absolute Gasteiger partial charge is 0.208 e. The molecule has 0 bridgehead atoms. The lowest BCUT2D eigenvalue weighted by molar-refractivity contribution is 0.161. The van der Waals surface area contributed by atoms with Gasteiger partial charge in [0.25, 0.3) is 0 Å². The van der Waals surface area contributed by atoms with Gasteiger partial charge in [-0.2, -0.15) is 5.10 Å². The molecule has 3 aromatic rings. The Morgan fingerprint density at radius 1 is 1.10 bits per heavy atom. The third-order valence-corrected chi connectivity index (χ3v) is 6.70. The van der Waals surface area contributed by atoms with Crippen molar-refractivity contribution in [2.45, 2.75) is 64.6 Å². The summed E-state index contributed by atoms with van der Waals surface area (Å²) in [4.78, 5) is 2.20. The summed E-state index contributed by atoms with van der Waals surface area (Å²) in [7, 11) is 2.06. The fourth-order valence-corrected chi connectivity index (χ4v) is 5.50. The second-order valence-electron chi connectivity index (χ2n) is 9.57. The van der Waals surface area contributed by atoms with Crippen molar-refractivity contribution in [3.05, 3.63) is 35.8 Å². The summed E-state index contributed by atoms with van der Waals surface area (Å²) in [5, 5.41) is 20.8. The van der Waals surface area contributed by atoms with Crippen LogP contribution in [-0.4, -0.2) is 44.6 Å². The minimum Gasteiger partial charge on any atom is -0.347 e. The molecular formula is C22H29FN6S. The number of anilines is 1. The molecule has 1 fully saturated rings. The first-order valence-electron chi connectivity index (χ1n) is 10.2. The van der Waals surface area contributed by atoms with Gasteiger partial charge in [0.2, 0.25) is 5.13 Å². The molecule has 160 valence electrons. The van der Waals surface area contributed by atoms with E-state index in [1.807, 2.05) is 19.1 Å². The molecule has 0 atom stereocenters. The normalized spacial score (nSPS) is 18.5. The van der Waals surface area contributed by atoms with Crippen LogP contribution in [0.25, 0.3) is 21.8 Å². The topological polar surface area (TPSA) is 69.7 Å². The van der Waals surface area contributed by atoms with Crippen LogP contribution in [0.4, 0.5) is 9.52 Å². The van der Waals surface area contributed by atoms with Gasteiger partial charge in [-0.15, -0.1) is 10.2 Å². The maximum Gasteiger partial charge on any atom is 0.208 e. The third-order valence-electron chi connectivity index (χ3n) is 5.65. The van der Waals surface area contributed by atoms with E-state index in [1.165, 1.54) is 17.4 Å². The molecule has 0 amide bonds. The molecule has 0 radical (unpaired) electrons. The van der Waals surface area contributed by atoms with Crippen LogP contribution in [0.15, 0.2) is 24.3 Å². The molecule has 3 heterocycles. The van der Waals surface area contributed by atoms with Crippen LogP contribution < -0.4 is 10.2 Å². The van der Waals surface area contributed by atoms with E-state index in [0.29, 0.717) is 16.6 Å². The molecule has 4 rings (SSSR count). The summed E-state index contributed by atoms with van der Waals surface area (Å²) in [6.45, 7) is 10.8. The van der Waals surface area contributed by atoms with Gasteiger partial charge in [0.05, 0.1) is 11.4 Å². The summed E-state index contributed by atoms with van der Waals surface area (Å²) in [5.41, 5.74) is 2.99. The van der Waals surface area contributed by atoms with Crippen LogP contribution in [-0.2, 0) is 0 Å². The number of halogens is 1. The van der Waals surface area contributed by atoms with E-state index in [4.69, 9.17) is 0 Å². The second-order valence-corrected chi connectivity index (χ2v) is 10.5. The molecule has 1 aromatic carbocycles. The molecule has 1 aliphatic rings. The number of hydrogen-bond donors (Lipinski definition) is 2. The standard InChI is InChI=1S/C22H29FN6S/c1-13-9-18(25-24-13)14-7-8-16(17(23)10-14)19-26-27-20(30-19)29(6)15-11-21(2,3)28-22(4,5)12-15/h7-10,15,28H,11-12H2,1-6H3,(H,24,25). The average molecular weight is 429 g/mol. The van der Waals surface area contributed by atoms with E-state index < -0.39 is 0 Å². The Balaban J connectivity index is 1.57. The quantitative estimate of drug-likeness (QED) is 0.625. The molecule has 0 spiro atoms. The van der Waals surface area contributed by atoms with Crippen LogP contribution >= 0.6 is 11.3 Å². The predicted octanol–water partition coefficient (Wildman–Crippen LogP) is 4.79. The van der Waals surface area contributed by atoms with Crippen molar-refractivity contribution >= 4 is 16.5 Å². The maximum atomic E-state index is 14.9. The van der Waals surface area contributed by atoms with Crippen LogP contribution in [0.1, 0.15) is 46.2 Å². The number of aromatic amines is 1. The zero-order valence-corrected chi connectivity index (χ0v) is 19.2. The van der Waals surface area contributed by atoms with E-state index in [2.05, 4.69) is 65.4 Å². The van der Waals surface area contributed by atoms with E-state index in [-0.39, 0.29) is 16.9 Å². The molecule has 30 heavy (non-hydrogen) atoms. The summed E-state index contributed by atoms with van der Waals surface area (Å²) in [6.07, 6.45) is 2.02. The second kappa shape index (κ2) is 7.42. The highest BCUT2D eigenvalue weighted by molar-refractivity contribution is 7.18. The first kappa shape index (κ1) is 20.9. The number of benzene rings is 1. The van der Waals surface area contributed by atoms with Gasteiger partial charge >= 0.3 is 0 Å². The van der Waals surface area contributed by atoms with Crippen LogP contribution in [0.2, 0.25) is 0 Å². The molecule has 2 N–H and O–H groups in total. The molecule has 0 unspecified atom stereocenters. The van der Waals surface area contributed by atoms with Crippen molar-refractivity contribution in [1.82, 2.24) is 25.7 Å². The van der Waals surface area contributed by atoms with Gasteiger partial charge in [0.1, 0.15) is 5.82 Å². The number of H-pyrrole nitrogens is 1. The van der Waals surface area contributed by atoms with Crippen molar-refractivity contribution in [2.75, 3.05) is 11.9 Å². The first-order valence-corrected chi connectivity index (χ1v) is 11.0. The Kier molecular flexibility index (Phi) is 5.18. The maximum absolute atomic E-state index is 14.9. The highest BCUT2D eigenvalue weighted by Crippen LogP contribution is 2.36. The first-order chi connectivity index (χ1) is 14.0. The van der Waals surface area contributed by atoms with Crippen molar-refractivity contribution in [3.63, 3.8) is 0 Å². The van der Waals surface area contributed by atoms with Gasteiger partial charge in [0, 0.05) is 35.3 Å². The van der Waals surface area contributed by atoms with Crippen molar-refractivity contribution in [1.29, 1.82) is 0 Å². The monoisotopic (exact) mass is 428 g/mol. The number of aryl methyl sites for hydroxylation is 1. The van der Waals surface area contributed by atoms with Gasteiger partial charge in [0.15, 0.2) is 5.01 Å². The van der Waals surface area contributed by atoms with E-state index >= 15 is 0 Å². The van der Waals surface area contributed by atoms with E-state index in [1.54, 1.807) is 6.07 Å². The lowest BCUT2D eigenvalue weighted by Gasteiger charge is -2.48. The summed E-state index contributed by atoms with van der Waals surface area (Å²) in [6, 6.07) is 7.41. The zero-order valence-electron chi connectivity index (χ0n) is 18.4. The summed E-state index contributed by atoms with van der Waals surface area (Å²) >= 11 is 1.43. The van der Waals surface area contributed by atoms with Crippen LogP contribution in [0, 0.1) is 12.7 Å². The van der Waals surface area contributed by atoms with Gasteiger partial charge in [-0.05, 0) is 65.7 Å². The molecule has 1 saturated heterocycles. The summed E-state index contributed by atoms with van der Waals surface area (Å²) < 4.78 is 14.9. The molecule has 6 nitrogen and oxygen atoms in total. The predicted molar refractivity (Wildman–Crippen MR) is 120 cm³/mol.